The van der Waals surface area contributed by atoms with E-state index in [1.54, 1.807) is 0 Å². The molecule has 0 saturated carbocycles. The normalized spacial score (nSPS) is 13.1. The SMILES string of the molecule is CC(C)=CCC/C(=C\CC/C(C)=C/CO[Si](c1ccccc1)(c1ccccc1)C(C)(C)C)CCO. The van der Waals surface area contributed by atoms with Gasteiger partial charge < -0.3 is 9.53 Å². The average molecular weight is 491 g/mol. The van der Waals surface area contributed by atoms with Gasteiger partial charge >= 0.3 is 0 Å². The van der Waals surface area contributed by atoms with Crippen LogP contribution in [0.25, 0.3) is 0 Å². The second kappa shape index (κ2) is 14.4. The maximum atomic E-state index is 9.42. The Labute approximate surface area is 215 Å². The van der Waals surface area contributed by atoms with Gasteiger partial charge in [0.05, 0.1) is 6.61 Å². The molecule has 0 radical (unpaired) electrons. The van der Waals surface area contributed by atoms with Gasteiger partial charge in [-0.3, -0.25) is 0 Å². The second-order valence-electron chi connectivity index (χ2n) is 10.7. The second-order valence-corrected chi connectivity index (χ2v) is 15.0. The monoisotopic (exact) mass is 490 g/mol. The highest BCUT2D eigenvalue weighted by atomic mass is 28.4. The predicted octanol–water partition coefficient (Wildman–Crippen LogP) is 7.34. The van der Waals surface area contributed by atoms with Crippen LogP contribution < -0.4 is 10.4 Å². The fourth-order valence-corrected chi connectivity index (χ4v) is 9.18. The van der Waals surface area contributed by atoms with Crippen molar-refractivity contribution in [3.8, 4) is 0 Å². The molecule has 0 aliphatic carbocycles. The molecule has 0 heterocycles. The molecule has 0 spiro atoms. The lowest BCUT2D eigenvalue weighted by Gasteiger charge is -2.42. The summed E-state index contributed by atoms with van der Waals surface area (Å²) in [5.74, 6) is 0. The Morgan fingerprint density at radius 1 is 0.771 bits per heavy atom. The molecular weight excluding hydrogens is 444 g/mol. The van der Waals surface area contributed by atoms with Crippen LogP contribution in [0.1, 0.15) is 73.6 Å². The summed E-state index contributed by atoms with van der Waals surface area (Å²) in [5, 5.41) is 12.0. The summed E-state index contributed by atoms with van der Waals surface area (Å²) in [4.78, 5) is 0. The van der Waals surface area contributed by atoms with E-state index in [1.165, 1.54) is 27.1 Å². The van der Waals surface area contributed by atoms with Gasteiger partial charge in [0.25, 0.3) is 8.32 Å². The summed E-state index contributed by atoms with van der Waals surface area (Å²) < 4.78 is 6.99. The maximum Gasteiger partial charge on any atom is 0.261 e. The Kier molecular flexibility index (Phi) is 11.9. The molecule has 0 fully saturated rings. The van der Waals surface area contributed by atoms with Crippen molar-refractivity contribution in [1.82, 2.24) is 0 Å². The van der Waals surface area contributed by atoms with Crippen LogP contribution in [-0.4, -0.2) is 26.6 Å². The highest BCUT2D eigenvalue weighted by molar-refractivity contribution is 6.99. The number of aliphatic hydroxyl groups is 1. The van der Waals surface area contributed by atoms with Crippen LogP contribution in [0, 0.1) is 0 Å². The quantitative estimate of drug-likeness (QED) is 0.235. The number of allylic oxidation sites excluding steroid dienone is 4. The number of hydrogen-bond donors (Lipinski definition) is 1. The van der Waals surface area contributed by atoms with Crippen LogP contribution >= 0.6 is 0 Å². The van der Waals surface area contributed by atoms with Crippen molar-refractivity contribution in [3.05, 3.63) is 95.6 Å². The zero-order chi connectivity index (χ0) is 25.7. The van der Waals surface area contributed by atoms with Crippen molar-refractivity contribution in [2.75, 3.05) is 13.2 Å². The number of rotatable bonds is 13. The van der Waals surface area contributed by atoms with Crippen LogP contribution in [0.2, 0.25) is 5.04 Å². The molecule has 2 rings (SSSR count). The van der Waals surface area contributed by atoms with Crippen molar-refractivity contribution < 1.29 is 9.53 Å². The first-order chi connectivity index (χ1) is 16.7. The fourth-order valence-electron chi connectivity index (χ4n) is 4.70. The summed E-state index contributed by atoms with van der Waals surface area (Å²) >= 11 is 0. The van der Waals surface area contributed by atoms with E-state index >= 15 is 0 Å². The Bertz CT molecular complexity index is 922. The van der Waals surface area contributed by atoms with Gasteiger partial charge in [-0.05, 0) is 68.3 Å². The molecule has 0 aliphatic rings. The zero-order valence-corrected chi connectivity index (χ0v) is 23.8. The van der Waals surface area contributed by atoms with Gasteiger partial charge in [-0.15, -0.1) is 0 Å². The summed E-state index contributed by atoms with van der Waals surface area (Å²) in [6.07, 6.45) is 11.8. The van der Waals surface area contributed by atoms with Gasteiger partial charge in [0.2, 0.25) is 0 Å². The number of aliphatic hydroxyl groups excluding tert-OH is 1. The Balaban J connectivity index is 2.15. The first-order valence-corrected chi connectivity index (χ1v) is 14.9. The molecule has 1 N–H and O–H groups in total. The largest absolute Gasteiger partial charge is 0.404 e. The van der Waals surface area contributed by atoms with Crippen molar-refractivity contribution in [2.24, 2.45) is 0 Å². The summed E-state index contributed by atoms with van der Waals surface area (Å²) in [6.45, 7) is 14.3. The smallest absolute Gasteiger partial charge is 0.261 e. The molecule has 0 aliphatic heterocycles. The fraction of sp³-hybridized carbons (Fsp3) is 0.438. The maximum absolute atomic E-state index is 9.42. The third kappa shape index (κ3) is 8.75. The predicted molar refractivity (Wildman–Crippen MR) is 155 cm³/mol. The van der Waals surface area contributed by atoms with Crippen LogP contribution in [0.15, 0.2) is 95.6 Å². The zero-order valence-electron chi connectivity index (χ0n) is 22.8. The molecule has 2 nitrogen and oxygen atoms in total. The van der Waals surface area contributed by atoms with E-state index in [0.29, 0.717) is 6.61 Å². The first-order valence-electron chi connectivity index (χ1n) is 13.0. The van der Waals surface area contributed by atoms with Crippen LogP contribution in [0.5, 0.6) is 0 Å². The molecule has 0 bridgehead atoms. The molecule has 0 aromatic heterocycles. The molecule has 35 heavy (non-hydrogen) atoms. The molecule has 3 heteroatoms. The molecule has 190 valence electrons. The standard InChI is InChI=1S/C32H46O2Si/c1-27(2)15-13-17-29(23-25-33)18-14-16-28(3)24-26-34-35(32(4,5)6,30-19-9-7-10-20-30)31-21-11-8-12-22-31/h7-12,15,18-22,24,33H,13-14,16-17,23,25-26H2,1-6H3/b28-24+,29-18+. The number of hydrogen-bond acceptors (Lipinski definition) is 2. The molecule has 0 unspecified atom stereocenters. The average Bonchev–Trinajstić information content (AvgIpc) is 2.82. The van der Waals surface area contributed by atoms with E-state index in [9.17, 15) is 5.11 Å². The third-order valence-corrected chi connectivity index (χ3v) is 11.6. The van der Waals surface area contributed by atoms with Crippen molar-refractivity contribution in [1.29, 1.82) is 0 Å². The number of benzene rings is 2. The Morgan fingerprint density at radius 3 is 1.80 bits per heavy atom. The van der Waals surface area contributed by atoms with Gasteiger partial charge in [0.15, 0.2) is 0 Å². The Morgan fingerprint density at radius 2 is 1.31 bits per heavy atom. The Hall–Kier alpha value is -2.20. The van der Waals surface area contributed by atoms with E-state index in [1.807, 2.05) is 0 Å². The van der Waals surface area contributed by atoms with Crippen LogP contribution in [-0.2, 0) is 4.43 Å². The van der Waals surface area contributed by atoms with Crippen molar-refractivity contribution in [2.45, 2.75) is 78.7 Å². The van der Waals surface area contributed by atoms with E-state index in [4.69, 9.17) is 4.43 Å². The van der Waals surface area contributed by atoms with Gasteiger partial charge in [0.1, 0.15) is 0 Å². The van der Waals surface area contributed by atoms with Crippen molar-refractivity contribution >= 4 is 18.7 Å². The minimum atomic E-state index is -2.49. The summed E-state index contributed by atoms with van der Waals surface area (Å²) in [5.41, 5.74) is 4.07. The van der Waals surface area contributed by atoms with Gasteiger partial charge in [-0.2, -0.15) is 0 Å². The van der Waals surface area contributed by atoms with Gasteiger partial charge in [-0.1, -0.05) is 116 Å². The highest BCUT2D eigenvalue weighted by Crippen LogP contribution is 2.36. The topological polar surface area (TPSA) is 29.5 Å². The van der Waals surface area contributed by atoms with E-state index < -0.39 is 8.32 Å². The molecule has 2 aromatic carbocycles. The summed E-state index contributed by atoms with van der Waals surface area (Å²) in [7, 11) is -2.49. The van der Waals surface area contributed by atoms with E-state index in [0.717, 1.165) is 32.1 Å². The van der Waals surface area contributed by atoms with Gasteiger partial charge in [0, 0.05) is 6.61 Å². The lowest BCUT2D eigenvalue weighted by atomic mass is 10.0. The lowest BCUT2D eigenvalue weighted by Crippen LogP contribution is -2.66. The first kappa shape index (κ1) is 29.0. The molecule has 0 atom stereocenters. The van der Waals surface area contributed by atoms with Crippen LogP contribution in [0.4, 0.5) is 0 Å². The molecule has 0 amide bonds. The lowest BCUT2D eigenvalue weighted by molar-refractivity contribution is 0.297. The van der Waals surface area contributed by atoms with Gasteiger partial charge in [-0.25, -0.2) is 0 Å². The molecule has 2 aromatic rings. The minimum absolute atomic E-state index is 0.00925. The summed E-state index contributed by atoms with van der Waals surface area (Å²) in [6, 6.07) is 21.6. The van der Waals surface area contributed by atoms with Crippen LogP contribution in [0.3, 0.4) is 0 Å². The van der Waals surface area contributed by atoms with E-state index in [-0.39, 0.29) is 11.6 Å². The van der Waals surface area contributed by atoms with Crippen molar-refractivity contribution in [3.63, 3.8) is 0 Å². The molecular formula is C32H46O2Si. The highest BCUT2D eigenvalue weighted by Gasteiger charge is 2.49. The molecule has 0 saturated heterocycles. The van der Waals surface area contributed by atoms with E-state index in [2.05, 4.69) is 120 Å². The minimum Gasteiger partial charge on any atom is -0.404 e. The third-order valence-electron chi connectivity index (χ3n) is 6.57.